The van der Waals surface area contributed by atoms with Gasteiger partial charge in [0, 0.05) is 37.2 Å². The third-order valence-electron chi connectivity index (χ3n) is 4.54. The van der Waals surface area contributed by atoms with Crippen molar-refractivity contribution in [1.29, 1.82) is 0 Å². The molecule has 1 fully saturated rings. The summed E-state index contributed by atoms with van der Waals surface area (Å²) >= 11 is 7.84. The first-order chi connectivity index (χ1) is 11.6. The van der Waals surface area contributed by atoms with Crippen LogP contribution in [-0.2, 0) is 6.54 Å². The van der Waals surface area contributed by atoms with Crippen LogP contribution >= 0.6 is 22.9 Å². The molecule has 4 rings (SSSR count). The largest absolute Gasteiger partial charge is 0.314 e. The van der Waals surface area contributed by atoms with Crippen molar-refractivity contribution in [2.24, 2.45) is 0 Å². The van der Waals surface area contributed by atoms with Crippen LogP contribution in [0.15, 0.2) is 24.3 Å². The molecule has 1 atom stereocenters. The Morgan fingerprint density at radius 3 is 3.08 bits per heavy atom. The number of hydrogen-bond donors (Lipinski definition) is 1. The van der Waals surface area contributed by atoms with Gasteiger partial charge >= 0.3 is 0 Å². The molecular formula is C17H20ClN5S. The van der Waals surface area contributed by atoms with Gasteiger partial charge in [0.25, 0.3) is 0 Å². The van der Waals surface area contributed by atoms with E-state index in [0.717, 1.165) is 46.9 Å². The zero-order valence-corrected chi connectivity index (χ0v) is 15.4. The Kier molecular flexibility index (Phi) is 4.30. The van der Waals surface area contributed by atoms with E-state index in [1.165, 1.54) is 11.3 Å². The molecule has 0 saturated carbocycles. The Morgan fingerprint density at radius 1 is 1.38 bits per heavy atom. The summed E-state index contributed by atoms with van der Waals surface area (Å²) in [6, 6.07) is 8.48. The number of rotatable bonds is 3. The molecule has 3 aromatic rings. The van der Waals surface area contributed by atoms with Gasteiger partial charge in [-0.1, -0.05) is 35.1 Å². The molecule has 7 heteroatoms. The molecule has 0 aliphatic carbocycles. The summed E-state index contributed by atoms with van der Waals surface area (Å²) in [5.41, 5.74) is 3.50. The van der Waals surface area contributed by atoms with E-state index in [-0.39, 0.29) is 0 Å². The Labute approximate surface area is 150 Å². The van der Waals surface area contributed by atoms with Crippen LogP contribution in [0, 0.1) is 13.8 Å². The lowest BCUT2D eigenvalue weighted by Crippen LogP contribution is -2.45. The molecule has 1 aliphatic rings. The fourth-order valence-electron chi connectivity index (χ4n) is 3.34. The van der Waals surface area contributed by atoms with Crippen molar-refractivity contribution in [3.8, 4) is 0 Å². The summed E-state index contributed by atoms with van der Waals surface area (Å²) in [4.78, 5) is 8.14. The monoisotopic (exact) mass is 361 g/mol. The summed E-state index contributed by atoms with van der Waals surface area (Å²) in [6.07, 6.45) is 0. The van der Waals surface area contributed by atoms with Crippen LogP contribution in [0.25, 0.3) is 4.96 Å². The maximum atomic E-state index is 6.20. The van der Waals surface area contributed by atoms with Gasteiger partial charge in [0.05, 0.1) is 11.4 Å². The van der Waals surface area contributed by atoms with Gasteiger partial charge in [0.1, 0.15) is 5.01 Å². The van der Waals surface area contributed by atoms with E-state index in [0.29, 0.717) is 6.04 Å². The van der Waals surface area contributed by atoms with Gasteiger partial charge in [0.2, 0.25) is 4.96 Å². The summed E-state index contributed by atoms with van der Waals surface area (Å²) in [5.74, 6) is 0. The minimum absolute atomic E-state index is 0.308. The molecule has 0 amide bonds. The first-order valence-corrected chi connectivity index (χ1v) is 9.33. The number of nitrogens with zero attached hydrogens (tertiary/aromatic N) is 4. The van der Waals surface area contributed by atoms with Crippen LogP contribution in [0.2, 0.25) is 5.02 Å². The summed E-state index contributed by atoms with van der Waals surface area (Å²) in [5, 5.41) is 9.95. The van der Waals surface area contributed by atoms with Crippen molar-refractivity contribution in [2.75, 3.05) is 19.6 Å². The van der Waals surface area contributed by atoms with Gasteiger partial charge in [-0.15, -0.1) is 0 Å². The third kappa shape index (κ3) is 2.95. The van der Waals surface area contributed by atoms with Crippen molar-refractivity contribution < 1.29 is 0 Å². The average molecular weight is 362 g/mol. The molecule has 126 valence electrons. The van der Waals surface area contributed by atoms with Crippen LogP contribution in [0.4, 0.5) is 0 Å². The summed E-state index contributed by atoms with van der Waals surface area (Å²) < 4.78 is 2.01. The number of hydrogen-bond acceptors (Lipinski definition) is 5. The van der Waals surface area contributed by atoms with Crippen molar-refractivity contribution in [2.45, 2.75) is 26.4 Å². The first kappa shape index (κ1) is 16.0. The lowest BCUT2D eigenvalue weighted by Gasteiger charge is -2.36. The van der Waals surface area contributed by atoms with E-state index >= 15 is 0 Å². The number of nitrogens with one attached hydrogen (secondary N) is 1. The van der Waals surface area contributed by atoms with Gasteiger partial charge in [-0.25, -0.2) is 9.50 Å². The smallest absolute Gasteiger partial charge is 0.212 e. The molecule has 3 heterocycles. The predicted octanol–water partition coefficient (Wildman–Crippen LogP) is 3.21. The minimum atomic E-state index is 0.308. The molecule has 1 N–H and O–H groups in total. The highest BCUT2D eigenvalue weighted by atomic mass is 35.5. The Hall–Kier alpha value is -1.47. The average Bonchev–Trinajstić information content (AvgIpc) is 3.05. The molecule has 2 aromatic heterocycles. The van der Waals surface area contributed by atoms with Gasteiger partial charge in [-0.2, -0.15) is 5.10 Å². The lowest BCUT2D eigenvalue weighted by molar-refractivity contribution is 0.151. The number of benzene rings is 1. The second-order valence-corrected chi connectivity index (χ2v) is 7.80. The fraction of sp³-hybridized carbons (Fsp3) is 0.412. The molecule has 24 heavy (non-hydrogen) atoms. The number of fused-ring (bicyclic) bond motifs is 1. The Balaban J connectivity index is 1.66. The van der Waals surface area contributed by atoms with Gasteiger partial charge in [0.15, 0.2) is 0 Å². The predicted molar refractivity (Wildman–Crippen MR) is 97.8 cm³/mol. The number of imidazole rings is 1. The molecule has 0 bridgehead atoms. The van der Waals surface area contributed by atoms with Crippen molar-refractivity contribution in [1.82, 2.24) is 24.8 Å². The highest BCUT2D eigenvalue weighted by Gasteiger charge is 2.26. The Bertz CT molecular complexity index is 871. The van der Waals surface area contributed by atoms with E-state index in [1.54, 1.807) is 11.3 Å². The maximum Gasteiger partial charge on any atom is 0.212 e. The summed E-state index contributed by atoms with van der Waals surface area (Å²) in [7, 11) is 0. The summed E-state index contributed by atoms with van der Waals surface area (Å²) in [6.45, 7) is 7.86. The third-order valence-corrected chi connectivity index (χ3v) is 5.60. The molecular weight excluding hydrogens is 342 g/mol. The molecule has 0 radical (unpaired) electrons. The molecule has 0 spiro atoms. The number of aryl methyl sites for hydroxylation is 2. The van der Waals surface area contributed by atoms with Gasteiger partial charge < -0.3 is 5.32 Å². The minimum Gasteiger partial charge on any atom is -0.314 e. The lowest BCUT2D eigenvalue weighted by atomic mass is 10.0. The number of aromatic nitrogens is 3. The van der Waals surface area contributed by atoms with Crippen LogP contribution in [0.3, 0.4) is 0 Å². The second-order valence-electron chi connectivity index (χ2n) is 6.20. The number of halogens is 1. The quantitative estimate of drug-likeness (QED) is 0.778. The molecule has 1 saturated heterocycles. The van der Waals surface area contributed by atoms with E-state index < -0.39 is 0 Å². The van der Waals surface area contributed by atoms with Crippen LogP contribution in [-0.4, -0.2) is 39.1 Å². The topological polar surface area (TPSA) is 45.5 Å². The molecule has 1 aromatic carbocycles. The van der Waals surface area contributed by atoms with E-state index in [2.05, 4.69) is 39.4 Å². The van der Waals surface area contributed by atoms with Gasteiger partial charge in [-0.3, -0.25) is 4.90 Å². The molecule has 1 aliphatic heterocycles. The fourth-order valence-corrected chi connectivity index (χ4v) is 4.34. The zero-order chi connectivity index (χ0) is 16.7. The first-order valence-electron chi connectivity index (χ1n) is 8.13. The van der Waals surface area contributed by atoms with Crippen LogP contribution < -0.4 is 5.32 Å². The van der Waals surface area contributed by atoms with E-state index in [9.17, 15) is 0 Å². The molecule has 1 unspecified atom stereocenters. The highest BCUT2D eigenvalue weighted by Crippen LogP contribution is 2.27. The number of piperazine rings is 1. The molecule has 5 nitrogen and oxygen atoms in total. The SMILES string of the molecule is Cc1nn2c(CN3CCNCC3c3cccc(Cl)c3)c(C)nc2s1. The zero-order valence-electron chi connectivity index (χ0n) is 13.8. The normalized spacial score (nSPS) is 19.2. The van der Waals surface area contributed by atoms with Crippen molar-refractivity contribution in [3.05, 3.63) is 51.2 Å². The van der Waals surface area contributed by atoms with E-state index in [4.69, 9.17) is 11.6 Å². The van der Waals surface area contributed by atoms with Crippen molar-refractivity contribution >= 4 is 27.9 Å². The standard InChI is InChI=1S/C17H20ClN5S/c1-11-16(23-17(20-11)24-12(2)21-23)10-22-7-6-19-9-15(22)13-4-3-5-14(18)8-13/h3-5,8,15,19H,6-7,9-10H2,1-2H3. The van der Waals surface area contributed by atoms with Crippen LogP contribution in [0.1, 0.15) is 28.0 Å². The Morgan fingerprint density at radius 2 is 2.25 bits per heavy atom. The highest BCUT2D eigenvalue weighted by molar-refractivity contribution is 7.16. The van der Waals surface area contributed by atoms with Crippen LogP contribution in [0.5, 0.6) is 0 Å². The van der Waals surface area contributed by atoms with E-state index in [1.807, 2.05) is 23.6 Å². The maximum absolute atomic E-state index is 6.20. The second kappa shape index (κ2) is 6.44. The van der Waals surface area contributed by atoms with Crippen molar-refractivity contribution in [3.63, 3.8) is 0 Å². The van der Waals surface area contributed by atoms with Gasteiger partial charge in [-0.05, 0) is 31.5 Å².